The molecule has 0 spiro atoms. The lowest BCUT2D eigenvalue weighted by Gasteiger charge is -2.21. The van der Waals surface area contributed by atoms with E-state index < -0.39 is 35.7 Å². The predicted octanol–water partition coefficient (Wildman–Crippen LogP) is 0.685. The van der Waals surface area contributed by atoms with Gasteiger partial charge >= 0.3 is 5.97 Å². The second kappa shape index (κ2) is 7.74. The minimum Gasteiger partial charge on any atom is -0.481 e. The molecule has 10 heteroatoms. The van der Waals surface area contributed by atoms with Crippen LogP contribution in [0.2, 0.25) is 0 Å². The van der Waals surface area contributed by atoms with Gasteiger partial charge in [0.25, 0.3) is 5.91 Å². The maximum absolute atomic E-state index is 12.5. The maximum atomic E-state index is 12.5. The third-order valence-electron chi connectivity index (χ3n) is 4.82. The first kappa shape index (κ1) is 20.1. The molecule has 1 saturated heterocycles. The van der Waals surface area contributed by atoms with E-state index in [4.69, 9.17) is 20.7 Å². The molecule has 2 unspecified atom stereocenters. The second-order valence-electron chi connectivity index (χ2n) is 6.90. The molecule has 2 heterocycles. The molecule has 5 N–H and O–H groups in total. The lowest BCUT2D eigenvalue weighted by molar-refractivity contribution is -0.147. The lowest BCUT2D eigenvalue weighted by atomic mass is 10.0. The Kier molecular flexibility index (Phi) is 5.35. The number of nitrogens with two attached hydrogens (primary N) is 1. The highest BCUT2D eigenvalue weighted by Crippen LogP contribution is 2.27. The first-order valence-corrected chi connectivity index (χ1v) is 8.89. The highest BCUT2D eigenvalue weighted by Gasteiger charge is 2.42. The van der Waals surface area contributed by atoms with E-state index in [2.05, 4.69) is 5.32 Å². The highest BCUT2D eigenvalue weighted by atomic mass is 16.4. The van der Waals surface area contributed by atoms with Gasteiger partial charge in [0.2, 0.25) is 11.8 Å². The molecule has 2 atom stereocenters. The zero-order valence-electron chi connectivity index (χ0n) is 15.6. The number of nitrogen functional groups attached to an aromatic ring is 1. The summed E-state index contributed by atoms with van der Waals surface area (Å²) in [6, 6.07) is 5.78. The molecule has 0 aliphatic carbocycles. The van der Waals surface area contributed by atoms with E-state index in [-0.39, 0.29) is 31.0 Å². The number of likely N-dealkylation sites (tertiary alicyclic amines) is 1. The van der Waals surface area contributed by atoms with Crippen LogP contribution in [0.3, 0.4) is 0 Å². The third kappa shape index (κ3) is 4.10. The number of rotatable bonds is 6. The number of amidine groups is 1. The Morgan fingerprint density at radius 3 is 2.69 bits per heavy atom. The molecule has 3 amide bonds. The molecule has 0 bridgehead atoms. The summed E-state index contributed by atoms with van der Waals surface area (Å²) in [4.78, 5) is 48.5. The van der Waals surface area contributed by atoms with Gasteiger partial charge in [-0.15, -0.1) is 0 Å². The van der Waals surface area contributed by atoms with E-state index in [9.17, 15) is 19.2 Å². The van der Waals surface area contributed by atoms with Gasteiger partial charge < -0.3 is 20.6 Å². The topological polar surface area (TPSA) is 167 Å². The van der Waals surface area contributed by atoms with Crippen LogP contribution in [0, 0.1) is 11.3 Å². The van der Waals surface area contributed by atoms with E-state index in [1.165, 1.54) is 13.0 Å². The summed E-state index contributed by atoms with van der Waals surface area (Å²) in [5.74, 6) is -3.59. The minimum atomic E-state index is -1.12. The van der Waals surface area contributed by atoms with Crippen molar-refractivity contribution in [3.05, 3.63) is 35.6 Å². The number of carboxylic acids is 1. The van der Waals surface area contributed by atoms with Crippen molar-refractivity contribution in [3.8, 4) is 0 Å². The Morgan fingerprint density at radius 2 is 2.07 bits per heavy atom. The average molecular weight is 400 g/mol. The number of fused-ring (bicyclic) bond motifs is 1. The maximum Gasteiger partial charge on any atom is 0.304 e. The van der Waals surface area contributed by atoms with Crippen LogP contribution in [0.1, 0.15) is 35.9 Å². The van der Waals surface area contributed by atoms with Crippen LogP contribution < -0.4 is 11.1 Å². The zero-order chi connectivity index (χ0) is 21.3. The molecule has 152 valence electrons. The van der Waals surface area contributed by atoms with Crippen LogP contribution in [-0.2, 0) is 14.4 Å². The summed E-state index contributed by atoms with van der Waals surface area (Å²) in [6.45, 7) is 1.21. The van der Waals surface area contributed by atoms with Crippen molar-refractivity contribution in [3.63, 3.8) is 0 Å². The summed E-state index contributed by atoms with van der Waals surface area (Å²) in [7, 11) is 0. The van der Waals surface area contributed by atoms with Crippen LogP contribution in [-0.4, -0.2) is 52.1 Å². The van der Waals surface area contributed by atoms with Crippen LogP contribution >= 0.6 is 0 Å². The van der Waals surface area contributed by atoms with Crippen LogP contribution in [0.15, 0.2) is 28.7 Å². The molecule has 0 radical (unpaired) electrons. The van der Waals surface area contributed by atoms with E-state index in [0.29, 0.717) is 16.5 Å². The second-order valence-corrected chi connectivity index (χ2v) is 6.90. The molecule has 1 fully saturated rings. The van der Waals surface area contributed by atoms with E-state index in [1.807, 2.05) is 0 Å². The molecule has 10 nitrogen and oxygen atoms in total. The first-order valence-electron chi connectivity index (χ1n) is 8.89. The Labute approximate surface area is 165 Å². The van der Waals surface area contributed by atoms with E-state index in [1.54, 1.807) is 18.2 Å². The number of nitrogens with one attached hydrogen (secondary N) is 2. The molecule has 0 saturated carbocycles. The minimum absolute atomic E-state index is 0.0178. The number of carbonyl (C=O) groups excluding carboxylic acids is 3. The van der Waals surface area contributed by atoms with Crippen LogP contribution in [0.25, 0.3) is 11.0 Å². The van der Waals surface area contributed by atoms with Gasteiger partial charge in [-0.05, 0) is 18.6 Å². The number of carboxylic acid groups (broad SMARTS) is 1. The van der Waals surface area contributed by atoms with Gasteiger partial charge in [-0.25, -0.2) is 0 Å². The van der Waals surface area contributed by atoms with Gasteiger partial charge in [0.1, 0.15) is 11.4 Å². The monoisotopic (exact) mass is 400 g/mol. The Morgan fingerprint density at radius 1 is 1.34 bits per heavy atom. The zero-order valence-corrected chi connectivity index (χ0v) is 15.6. The van der Waals surface area contributed by atoms with E-state index >= 15 is 0 Å². The molecule has 1 aliphatic rings. The fourth-order valence-corrected chi connectivity index (χ4v) is 3.49. The number of hydrogen-bond donors (Lipinski definition) is 4. The molecule has 1 aromatic carbocycles. The summed E-state index contributed by atoms with van der Waals surface area (Å²) in [5, 5.41) is 19.7. The number of hydrogen-bond acceptors (Lipinski definition) is 6. The number of carbonyl (C=O) groups is 4. The van der Waals surface area contributed by atoms with Crippen molar-refractivity contribution < 1.29 is 28.7 Å². The molecule has 1 aliphatic heterocycles. The normalized spacial score (nSPS) is 18.8. The van der Waals surface area contributed by atoms with Gasteiger partial charge in [0.15, 0.2) is 5.76 Å². The molecule has 1 aromatic heterocycles. The smallest absolute Gasteiger partial charge is 0.304 e. The summed E-state index contributed by atoms with van der Waals surface area (Å²) in [5.41, 5.74) is 6.30. The highest BCUT2D eigenvalue weighted by molar-refractivity contribution is 6.01. The van der Waals surface area contributed by atoms with Crippen LogP contribution in [0.4, 0.5) is 0 Å². The number of benzene rings is 1. The largest absolute Gasteiger partial charge is 0.481 e. The number of aliphatic carboxylic acids is 1. The average Bonchev–Trinajstić information content (AvgIpc) is 3.20. The van der Waals surface area contributed by atoms with Crippen LogP contribution in [0.5, 0.6) is 0 Å². The Balaban J connectivity index is 1.71. The van der Waals surface area contributed by atoms with Crippen molar-refractivity contribution in [1.29, 1.82) is 5.41 Å². The number of imide groups is 1. The summed E-state index contributed by atoms with van der Waals surface area (Å²) < 4.78 is 5.52. The molecule has 2 aromatic rings. The van der Waals surface area contributed by atoms with Crippen molar-refractivity contribution in [2.24, 2.45) is 11.7 Å². The molecular formula is C19H20N4O6. The van der Waals surface area contributed by atoms with Gasteiger partial charge in [-0.3, -0.25) is 29.5 Å². The van der Waals surface area contributed by atoms with Gasteiger partial charge in [-0.2, -0.15) is 0 Å². The van der Waals surface area contributed by atoms with Crippen molar-refractivity contribution in [2.45, 2.75) is 25.8 Å². The van der Waals surface area contributed by atoms with Gasteiger partial charge in [0.05, 0.1) is 18.4 Å². The fraction of sp³-hybridized carbons (Fsp3) is 0.316. The third-order valence-corrected chi connectivity index (χ3v) is 4.82. The lowest BCUT2D eigenvalue weighted by Crippen LogP contribution is -2.44. The molecule has 3 rings (SSSR count). The SMILES string of the molecule is CC(=O)N1C(=O)C(CC(=O)O)CC1CNC(=O)c1cc2ccc(C(=N)N)cc2o1. The van der Waals surface area contributed by atoms with Crippen molar-refractivity contribution >= 4 is 40.5 Å². The van der Waals surface area contributed by atoms with Crippen molar-refractivity contribution in [1.82, 2.24) is 10.2 Å². The van der Waals surface area contributed by atoms with Crippen molar-refractivity contribution in [2.75, 3.05) is 6.54 Å². The summed E-state index contributed by atoms with van der Waals surface area (Å²) in [6.07, 6.45) is -0.206. The number of nitrogens with zero attached hydrogens (tertiary/aromatic N) is 1. The predicted molar refractivity (Wildman–Crippen MR) is 101 cm³/mol. The van der Waals surface area contributed by atoms with E-state index in [0.717, 1.165) is 4.90 Å². The molecular weight excluding hydrogens is 380 g/mol. The number of amides is 3. The quantitative estimate of drug-likeness (QED) is 0.408. The Hall–Kier alpha value is -3.69. The molecule has 29 heavy (non-hydrogen) atoms. The van der Waals surface area contributed by atoms with Gasteiger partial charge in [-0.1, -0.05) is 12.1 Å². The summed E-state index contributed by atoms with van der Waals surface area (Å²) >= 11 is 0. The number of furan rings is 1. The van der Waals surface area contributed by atoms with Gasteiger partial charge in [0, 0.05) is 24.4 Å². The Bertz CT molecular complexity index is 1030. The first-order chi connectivity index (χ1) is 13.7. The standard InChI is InChI=1S/C19H20N4O6/c1-9(24)23-13(4-12(19(23)28)7-16(25)26)8-22-18(27)15-5-10-2-3-11(17(20)21)6-14(10)29-15/h2-3,5-6,12-13H,4,7-8H2,1H3,(H3,20,21)(H,22,27)(H,25,26). The fourth-order valence-electron chi connectivity index (χ4n) is 3.49.